The first-order chi connectivity index (χ1) is 15.8. The van der Waals surface area contributed by atoms with E-state index in [1.54, 1.807) is 18.2 Å². The maximum absolute atomic E-state index is 13.0. The Labute approximate surface area is 194 Å². The SMILES string of the molecule is CC(C)c1ccc(NC(=O)CCc2nc3cc(S(=O)(=O)N4CCOCC4)ccc3n2C)cc1. The van der Waals surface area contributed by atoms with Gasteiger partial charge in [0, 0.05) is 38.7 Å². The van der Waals surface area contributed by atoms with Crippen molar-refractivity contribution in [3.8, 4) is 0 Å². The van der Waals surface area contributed by atoms with Crippen LogP contribution in [0.25, 0.3) is 11.0 Å². The van der Waals surface area contributed by atoms with Gasteiger partial charge in [-0.05, 0) is 41.8 Å². The molecule has 0 aliphatic carbocycles. The Morgan fingerprint density at radius 3 is 2.48 bits per heavy atom. The number of anilines is 1. The molecular formula is C24H30N4O4S. The summed E-state index contributed by atoms with van der Waals surface area (Å²) in [5, 5.41) is 2.93. The van der Waals surface area contributed by atoms with Crippen LogP contribution in [0.5, 0.6) is 0 Å². The first-order valence-corrected chi connectivity index (χ1v) is 12.6. The maximum Gasteiger partial charge on any atom is 0.243 e. The topological polar surface area (TPSA) is 93.5 Å². The van der Waals surface area contributed by atoms with Crippen molar-refractivity contribution in [1.29, 1.82) is 0 Å². The van der Waals surface area contributed by atoms with Crippen molar-refractivity contribution in [3.63, 3.8) is 0 Å². The first-order valence-electron chi connectivity index (χ1n) is 11.2. The smallest absolute Gasteiger partial charge is 0.243 e. The number of hydrogen-bond acceptors (Lipinski definition) is 5. The van der Waals surface area contributed by atoms with E-state index in [9.17, 15) is 13.2 Å². The fraction of sp³-hybridized carbons (Fsp3) is 0.417. The van der Waals surface area contributed by atoms with Crippen molar-refractivity contribution in [2.24, 2.45) is 7.05 Å². The minimum atomic E-state index is -3.59. The minimum Gasteiger partial charge on any atom is -0.379 e. The zero-order chi connectivity index (χ0) is 23.6. The van der Waals surface area contributed by atoms with Gasteiger partial charge in [0.25, 0.3) is 0 Å². The van der Waals surface area contributed by atoms with Gasteiger partial charge in [0.1, 0.15) is 5.82 Å². The lowest BCUT2D eigenvalue weighted by molar-refractivity contribution is -0.116. The second-order valence-corrected chi connectivity index (χ2v) is 10.5. The van der Waals surface area contributed by atoms with Crippen molar-refractivity contribution < 1.29 is 17.9 Å². The van der Waals surface area contributed by atoms with E-state index in [-0.39, 0.29) is 17.2 Å². The summed E-state index contributed by atoms with van der Waals surface area (Å²) in [5.41, 5.74) is 3.43. The van der Waals surface area contributed by atoms with E-state index in [1.807, 2.05) is 35.9 Å². The van der Waals surface area contributed by atoms with E-state index in [1.165, 1.54) is 9.87 Å². The quantitative estimate of drug-likeness (QED) is 0.572. The first kappa shape index (κ1) is 23.4. The molecule has 0 spiro atoms. The van der Waals surface area contributed by atoms with Gasteiger partial charge in [-0.1, -0.05) is 26.0 Å². The number of morpholine rings is 1. The average molecular weight is 471 g/mol. The van der Waals surface area contributed by atoms with E-state index in [2.05, 4.69) is 24.1 Å². The maximum atomic E-state index is 13.0. The van der Waals surface area contributed by atoms with Gasteiger partial charge in [0.15, 0.2) is 0 Å². The Kier molecular flexibility index (Phi) is 6.83. The molecule has 33 heavy (non-hydrogen) atoms. The molecule has 0 radical (unpaired) electrons. The van der Waals surface area contributed by atoms with Crippen LogP contribution < -0.4 is 5.32 Å². The number of imidazole rings is 1. The number of carbonyl (C=O) groups excluding carboxylic acids is 1. The molecule has 9 heteroatoms. The van der Waals surface area contributed by atoms with Crippen molar-refractivity contribution in [2.45, 2.75) is 37.5 Å². The summed E-state index contributed by atoms with van der Waals surface area (Å²) in [7, 11) is -1.71. The number of ether oxygens (including phenoxy) is 1. The number of nitrogens with one attached hydrogen (secondary N) is 1. The summed E-state index contributed by atoms with van der Waals surface area (Å²) in [5.74, 6) is 1.09. The predicted octanol–water partition coefficient (Wildman–Crippen LogP) is 3.29. The van der Waals surface area contributed by atoms with Gasteiger partial charge in [0.05, 0.1) is 29.1 Å². The van der Waals surface area contributed by atoms with Gasteiger partial charge in [-0.3, -0.25) is 4.79 Å². The van der Waals surface area contributed by atoms with E-state index >= 15 is 0 Å². The highest BCUT2D eigenvalue weighted by atomic mass is 32.2. The molecule has 4 rings (SSSR count). The number of rotatable bonds is 7. The largest absolute Gasteiger partial charge is 0.379 e. The van der Waals surface area contributed by atoms with Crippen molar-refractivity contribution in [1.82, 2.24) is 13.9 Å². The van der Waals surface area contributed by atoms with Gasteiger partial charge >= 0.3 is 0 Å². The molecule has 176 valence electrons. The number of sulfonamides is 1. The molecular weight excluding hydrogens is 440 g/mol. The molecule has 1 aromatic heterocycles. The zero-order valence-corrected chi connectivity index (χ0v) is 20.1. The lowest BCUT2D eigenvalue weighted by Gasteiger charge is -2.26. The fourth-order valence-corrected chi connectivity index (χ4v) is 5.38. The molecule has 0 unspecified atom stereocenters. The molecule has 2 aromatic carbocycles. The lowest BCUT2D eigenvalue weighted by atomic mass is 10.0. The average Bonchev–Trinajstić information content (AvgIpc) is 3.13. The zero-order valence-electron chi connectivity index (χ0n) is 19.2. The Bertz CT molecular complexity index is 1240. The molecule has 1 aliphatic heterocycles. The Balaban J connectivity index is 1.45. The highest BCUT2D eigenvalue weighted by molar-refractivity contribution is 7.89. The number of aromatic nitrogens is 2. The normalized spacial score (nSPS) is 15.3. The summed E-state index contributed by atoms with van der Waals surface area (Å²) in [6.45, 7) is 5.77. The van der Waals surface area contributed by atoms with Crippen LogP contribution in [0.2, 0.25) is 0 Å². The second kappa shape index (κ2) is 9.62. The highest BCUT2D eigenvalue weighted by Gasteiger charge is 2.27. The third-order valence-electron chi connectivity index (χ3n) is 5.99. The Morgan fingerprint density at radius 1 is 1.12 bits per heavy atom. The molecule has 1 aliphatic rings. The molecule has 1 fully saturated rings. The van der Waals surface area contributed by atoms with Crippen LogP contribution in [0, 0.1) is 0 Å². The monoisotopic (exact) mass is 470 g/mol. The van der Waals surface area contributed by atoms with Gasteiger partial charge in [0.2, 0.25) is 15.9 Å². The lowest BCUT2D eigenvalue weighted by Crippen LogP contribution is -2.40. The number of carbonyl (C=O) groups is 1. The Morgan fingerprint density at radius 2 is 1.82 bits per heavy atom. The van der Waals surface area contributed by atoms with Crippen LogP contribution in [-0.4, -0.2) is 54.5 Å². The highest BCUT2D eigenvalue weighted by Crippen LogP contribution is 2.24. The van der Waals surface area contributed by atoms with Crippen LogP contribution in [0.3, 0.4) is 0 Å². The molecule has 0 bridgehead atoms. The number of benzene rings is 2. The number of hydrogen-bond donors (Lipinski definition) is 1. The number of fused-ring (bicyclic) bond motifs is 1. The number of nitrogens with zero attached hydrogens (tertiary/aromatic N) is 3. The van der Waals surface area contributed by atoms with Gasteiger partial charge in [-0.25, -0.2) is 13.4 Å². The summed E-state index contributed by atoms with van der Waals surface area (Å²) < 4.78 is 34.5. The molecule has 8 nitrogen and oxygen atoms in total. The van der Waals surface area contributed by atoms with E-state index in [4.69, 9.17) is 4.74 Å². The number of aryl methyl sites for hydroxylation is 2. The minimum absolute atomic E-state index is 0.0880. The van der Waals surface area contributed by atoms with Crippen LogP contribution in [0.1, 0.15) is 37.6 Å². The second-order valence-electron chi connectivity index (χ2n) is 8.58. The van der Waals surface area contributed by atoms with Gasteiger partial charge in [-0.2, -0.15) is 4.31 Å². The van der Waals surface area contributed by atoms with Crippen molar-refractivity contribution >= 4 is 32.7 Å². The van der Waals surface area contributed by atoms with Crippen molar-refractivity contribution in [3.05, 3.63) is 53.9 Å². The van der Waals surface area contributed by atoms with Crippen LogP contribution >= 0.6 is 0 Å². The summed E-state index contributed by atoms with van der Waals surface area (Å²) >= 11 is 0. The van der Waals surface area contributed by atoms with E-state index < -0.39 is 10.0 Å². The van der Waals surface area contributed by atoms with Gasteiger partial charge < -0.3 is 14.6 Å². The summed E-state index contributed by atoms with van der Waals surface area (Å²) in [6.07, 6.45) is 0.731. The molecule has 3 aromatic rings. The van der Waals surface area contributed by atoms with Crippen LogP contribution in [0.15, 0.2) is 47.4 Å². The molecule has 1 saturated heterocycles. The van der Waals surface area contributed by atoms with Gasteiger partial charge in [-0.15, -0.1) is 0 Å². The predicted molar refractivity (Wildman–Crippen MR) is 128 cm³/mol. The van der Waals surface area contributed by atoms with Crippen LogP contribution in [-0.2, 0) is 33.0 Å². The summed E-state index contributed by atoms with van der Waals surface area (Å²) in [6, 6.07) is 12.9. The standard InChI is InChI=1S/C24H30N4O4S/c1-17(2)18-4-6-19(7-5-18)25-24(29)11-10-23-26-21-16-20(8-9-22(21)27(23)3)33(30,31)28-12-14-32-15-13-28/h4-9,16-17H,10-15H2,1-3H3,(H,25,29). The van der Waals surface area contributed by atoms with E-state index in [0.717, 1.165) is 17.0 Å². The molecule has 1 N–H and O–H groups in total. The number of amides is 1. The van der Waals surface area contributed by atoms with E-state index in [0.29, 0.717) is 44.2 Å². The molecule has 0 saturated carbocycles. The fourth-order valence-electron chi connectivity index (χ4n) is 3.95. The Hall–Kier alpha value is -2.75. The third-order valence-corrected chi connectivity index (χ3v) is 7.88. The summed E-state index contributed by atoms with van der Waals surface area (Å²) in [4.78, 5) is 17.3. The van der Waals surface area contributed by atoms with Crippen molar-refractivity contribution in [2.75, 3.05) is 31.6 Å². The van der Waals surface area contributed by atoms with Crippen LogP contribution in [0.4, 0.5) is 5.69 Å². The molecule has 0 atom stereocenters. The molecule has 1 amide bonds. The third kappa shape index (κ3) is 5.10. The molecule has 2 heterocycles.